The van der Waals surface area contributed by atoms with Crippen LogP contribution in [0.5, 0.6) is 0 Å². The van der Waals surface area contributed by atoms with Crippen molar-refractivity contribution < 1.29 is 9.59 Å². The molecule has 2 rings (SSSR count). The fraction of sp³-hybridized carbons (Fsp3) is 0.467. The van der Waals surface area contributed by atoms with Crippen LogP contribution < -0.4 is 11.1 Å². The van der Waals surface area contributed by atoms with Crippen LogP contribution in [-0.4, -0.2) is 36.3 Å². The van der Waals surface area contributed by atoms with Crippen molar-refractivity contribution in [2.75, 3.05) is 13.6 Å². The average Bonchev–Trinajstić information content (AvgIpc) is 2.84. The third-order valence-electron chi connectivity index (χ3n) is 3.88. The fourth-order valence-electron chi connectivity index (χ4n) is 2.61. The maximum Gasteiger partial charge on any atom is 0.248 e. The van der Waals surface area contributed by atoms with Crippen molar-refractivity contribution in [2.24, 2.45) is 11.7 Å². The molecule has 108 valence electrons. The van der Waals surface area contributed by atoms with E-state index in [-0.39, 0.29) is 17.9 Å². The lowest BCUT2D eigenvalue weighted by atomic mass is 10.0. The van der Waals surface area contributed by atoms with Gasteiger partial charge in [-0.3, -0.25) is 9.59 Å². The van der Waals surface area contributed by atoms with Gasteiger partial charge in [-0.2, -0.15) is 0 Å². The zero-order chi connectivity index (χ0) is 14.7. The van der Waals surface area contributed by atoms with Gasteiger partial charge in [-0.25, -0.2) is 0 Å². The Labute approximate surface area is 119 Å². The topological polar surface area (TPSA) is 75.4 Å². The van der Waals surface area contributed by atoms with Crippen molar-refractivity contribution in [3.8, 4) is 0 Å². The van der Waals surface area contributed by atoms with Gasteiger partial charge in [-0.1, -0.05) is 12.1 Å². The van der Waals surface area contributed by atoms with Crippen molar-refractivity contribution in [3.63, 3.8) is 0 Å². The summed E-state index contributed by atoms with van der Waals surface area (Å²) in [6, 6.07) is 7.29. The molecular weight excluding hydrogens is 254 g/mol. The largest absolute Gasteiger partial charge is 0.366 e. The second kappa shape index (κ2) is 6.05. The van der Waals surface area contributed by atoms with Crippen molar-refractivity contribution in [1.82, 2.24) is 10.2 Å². The molecule has 1 heterocycles. The summed E-state index contributed by atoms with van der Waals surface area (Å²) in [5.74, 6) is -0.210. The number of nitrogens with two attached hydrogens (primary N) is 1. The predicted molar refractivity (Wildman–Crippen MR) is 77.0 cm³/mol. The molecule has 5 nitrogen and oxygen atoms in total. The number of carbonyl (C=O) groups is 2. The van der Waals surface area contributed by atoms with Crippen LogP contribution in [0.15, 0.2) is 24.3 Å². The molecule has 1 aromatic rings. The molecule has 1 aromatic carbocycles. The molecule has 0 saturated carbocycles. The summed E-state index contributed by atoms with van der Waals surface area (Å²) < 4.78 is 0. The van der Waals surface area contributed by atoms with Gasteiger partial charge in [0, 0.05) is 25.2 Å². The maximum atomic E-state index is 12.3. The minimum Gasteiger partial charge on any atom is -0.366 e. The molecule has 0 spiro atoms. The van der Waals surface area contributed by atoms with Gasteiger partial charge in [0.15, 0.2) is 0 Å². The molecule has 2 atom stereocenters. The Bertz CT molecular complexity index is 498. The molecule has 1 aliphatic heterocycles. The van der Waals surface area contributed by atoms with E-state index in [9.17, 15) is 9.59 Å². The van der Waals surface area contributed by atoms with Gasteiger partial charge in [-0.05, 0) is 37.6 Å². The Morgan fingerprint density at radius 1 is 1.35 bits per heavy atom. The van der Waals surface area contributed by atoms with Gasteiger partial charge in [0.1, 0.15) is 0 Å². The van der Waals surface area contributed by atoms with E-state index in [0.717, 1.165) is 18.5 Å². The SMILES string of the molecule is CC1NCCC1C(=O)N(C)Cc1ccc(C(N)=O)cc1. The molecule has 2 unspecified atom stereocenters. The summed E-state index contributed by atoms with van der Waals surface area (Å²) in [5.41, 5.74) is 6.67. The molecule has 1 fully saturated rings. The molecule has 5 heteroatoms. The highest BCUT2D eigenvalue weighted by atomic mass is 16.2. The van der Waals surface area contributed by atoms with E-state index in [0.29, 0.717) is 12.1 Å². The predicted octanol–water partition coefficient (Wildman–Crippen LogP) is 0.742. The molecule has 0 aromatic heterocycles. The van der Waals surface area contributed by atoms with Crippen molar-refractivity contribution in [1.29, 1.82) is 0 Å². The Balaban J connectivity index is 1.98. The van der Waals surface area contributed by atoms with E-state index in [2.05, 4.69) is 5.32 Å². The number of amides is 2. The highest BCUT2D eigenvalue weighted by Gasteiger charge is 2.31. The van der Waals surface area contributed by atoms with Crippen LogP contribution in [0.1, 0.15) is 29.3 Å². The number of carbonyl (C=O) groups excluding carboxylic acids is 2. The summed E-state index contributed by atoms with van der Waals surface area (Å²) in [4.78, 5) is 25.1. The third-order valence-corrected chi connectivity index (χ3v) is 3.88. The molecule has 3 N–H and O–H groups in total. The summed E-state index contributed by atoms with van der Waals surface area (Å²) >= 11 is 0. The Morgan fingerprint density at radius 2 is 2.00 bits per heavy atom. The van der Waals surface area contributed by atoms with Gasteiger partial charge in [0.25, 0.3) is 0 Å². The van der Waals surface area contributed by atoms with Gasteiger partial charge >= 0.3 is 0 Å². The van der Waals surface area contributed by atoms with Crippen LogP contribution in [-0.2, 0) is 11.3 Å². The highest BCUT2D eigenvalue weighted by Crippen LogP contribution is 2.18. The van der Waals surface area contributed by atoms with Crippen molar-refractivity contribution in [3.05, 3.63) is 35.4 Å². The fourth-order valence-corrected chi connectivity index (χ4v) is 2.61. The lowest BCUT2D eigenvalue weighted by Gasteiger charge is -2.23. The highest BCUT2D eigenvalue weighted by molar-refractivity contribution is 5.92. The number of nitrogens with one attached hydrogen (secondary N) is 1. The van der Waals surface area contributed by atoms with E-state index in [1.54, 1.807) is 17.0 Å². The first-order valence-electron chi connectivity index (χ1n) is 6.86. The van der Waals surface area contributed by atoms with Gasteiger partial charge < -0.3 is 16.0 Å². The Kier molecular flexibility index (Phi) is 4.39. The maximum absolute atomic E-state index is 12.3. The van der Waals surface area contributed by atoms with Crippen LogP contribution in [0.3, 0.4) is 0 Å². The third kappa shape index (κ3) is 3.17. The second-order valence-corrected chi connectivity index (χ2v) is 5.39. The standard InChI is InChI=1S/C15H21N3O2/c1-10-13(7-8-17-10)15(20)18(2)9-11-3-5-12(6-4-11)14(16)19/h3-6,10,13,17H,7-9H2,1-2H3,(H2,16,19). The van der Waals surface area contributed by atoms with Crippen molar-refractivity contribution >= 4 is 11.8 Å². The van der Waals surface area contributed by atoms with E-state index >= 15 is 0 Å². The monoisotopic (exact) mass is 275 g/mol. The van der Waals surface area contributed by atoms with Crippen LogP contribution in [0.25, 0.3) is 0 Å². The number of nitrogens with zero attached hydrogens (tertiary/aromatic N) is 1. The average molecular weight is 275 g/mol. The molecule has 1 aliphatic rings. The van der Waals surface area contributed by atoms with E-state index in [4.69, 9.17) is 5.73 Å². The first kappa shape index (κ1) is 14.5. The van der Waals surface area contributed by atoms with Crippen LogP contribution >= 0.6 is 0 Å². The molecule has 0 aliphatic carbocycles. The van der Waals surface area contributed by atoms with Crippen molar-refractivity contribution in [2.45, 2.75) is 25.9 Å². The number of benzene rings is 1. The van der Waals surface area contributed by atoms with E-state index in [1.807, 2.05) is 26.1 Å². The first-order valence-corrected chi connectivity index (χ1v) is 6.86. The number of hydrogen-bond donors (Lipinski definition) is 2. The summed E-state index contributed by atoms with van der Waals surface area (Å²) in [7, 11) is 1.81. The molecular formula is C15H21N3O2. The Morgan fingerprint density at radius 3 is 2.50 bits per heavy atom. The number of rotatable bonds is 4. The lowest BCUT2D eigenvalue weighted by Crippen LogP contribution is -2.37. The zero-order valence-electron chi connectivity index (χ0n) is 11.9. The zero-order valence-corrected chi connectivity index (χ0v) is 11.9. The first-order chi connectivity index (χ1) is 9.49. The second-order valence-electron chi connectivity index (χ2n) is 5.39. The molecule has 20 heavy (non-hydrogen) atoms. The van der Waals surface area contributed by atoms with Gasteiger partial charge in [-0.15, -0.1) is 0 Å². The van der Waals surface area contributed by atoms with Gasteiger partial charge in [0.05, 0.1) is 5.92 Å². The summed E-state index contributed by atoms with van der Waals surface area (Å²) in [6.45, 7) is 3.49. The lowest BCUT2D eigenvalue weighted by molar-refractivity contribution is -0.134. The van der Waals surface area contributed by atoms with E-state index < -0.39 is 5.91 Å². The van der Waals surface area contributed by atoms with E-state index in [1.165, 1.54) is 0 Å². The van der Waals surface area contributed by atoms with Gasteiger partial charge in [0.2, 0.25) is 11.8 Å². The van der Waals surface area contributed by atoms with Crippen LogP contribution in [0, 0.1) is 5.92 Å². The smallest absolute Gasteiger partial charge is 0.248 e. The summed E-state index contributed by atoms with van der Waals surface area (Å²) in [6.07, 6.45) is 0.894. The summed E-state index contributed by atoms with van der Waals surface area (Å²) in [5, 5.41) is 3.29. The van der Waals surface area contributed by atoms with Crippen LogP contribution in [0.4, 0.5) is 0 Å². The molecule has 0 radical (unpaired) electrons. The van der Waals surface area contributed by atoms with Crippen LogP contribution in [0.2, 0.25) is 0 Å². The normalized spacial score (nSPS) is 21.7. The Hall–Kier alpha value is -1.88. The quantitative estimate of drug-likeness (QED) is 0.851. The number of primary amides is 1. The molecule has 1 saturated heterocycles. The molecule has 0 bridgehead atoms. The minimum atomic E-state index is -0.438. The number of hydrogen-bond acceptors (Lipinski definition) is 3. The minimum absolute atomic E-state index is 0.0601. The molecule has 2 amide bonds.